The maximum atomic E-state index is 11.9. The van der Waals surface area contributed by atoms with Crippen molar-refractivity contribution in [3.05, 3.63) is 54.1 Å². The highest BCUT2D eigenvalue weighted by Crippen LogP contribution is 2.24. The summed E-state index contributed by atoms with van der Waals surface area (Å²) in [4.78, 5) is 27.1. The molecule has 3 aromatic rings. The van der Waals surface area contributed by atoms with Gasteiger partial charge in [-0.3, -0.25) is 9.59 Å². The number of benzene rings is 2. The molecule has 2 N–H and O–H groups in total. The lowest BCUT2D eigenvalue weighted by molar-refractivity contribution is -0.141. The van der Waals surface area contributed by atoms with Gasteiger partial charge < -0.3 is 14.8 Å². The van der Waals surface area contributed by atoms with E-state index < -0.39 is 12.0 Å². The van der Waals surface area contributed by atoms with Crippen LogP contribution in [0.4, 0.5) is 0 Å². The fourth-order valence-electron chi connectivity index (χ4n) is 2.33. The molecule has 0 aliphatic rings. The summed E-state index contributed by atoms with van der Waals surface area (Å²) in [5.74, 6) is -0.898. The van der Waals surface area contributed by atoms with Crippen LogP contribution in [0.1, 0.15) is 12.5 Å². The maximum absolute atomic E-state index is 11.9. The average Bonchev–Trinajstić information content (AvgIpc) is 2.98. The Morgan fingerprint density at radius 2 is 1.96 bits per heavy atom. The molecule has 0 spiro atoms. The van der Waals surface area contributed by atoms with Gasteiger partial charge in [0.05, 0.1) is 6.42 Å². The van der Waals surface area contributed by atoms with Crippen molar-refractivity contribution in [2.45, 2.75) is 19.4 Å². The molecule has 0 saturated carbocycles. The van der Waals surface area contributed by atoms with Gasteiger partial charge >= 0.3 is 5.97 Å². The number of nitrogens with one attached hydrogen (secondary N) is 1. The third kappa shape index (κ3) is 3.43. The van der Waals surface area contributed by atoms with E-state index in [1.807, 2.05) is 30.3 Å². The Bertz CT molecular complexity index is 886. The lowest BCUT2D eigenvalue weighted by Gasteiger charge is -2.08. The fraction of sp³-hybridized carbons (Fsp3) is 0.167. The third-order valence-electron chi connectivity index (χ3n) is 3.59. The zero-order chi connectivity index (χ0) is 17.1. The van der Waals surface area contributed by atoms with E-state index in [1.54, 1.807) is 18.2 Å². The predicted octanol–water partition coefficient (Wildman–Crippen LogP) is 2.63. The average molecular weight is 324 g/mol. The molecule has 0 saturated heterocycles. The van der Waals surface area contributed by atoms with Gasteiger partial charge in [0.25, 0.3) is 0 Å². The molecule has 2 aromatic carbocycles. The summed E-state index contributed by atoms with van der Waals surface area (Å²) in [5.41, 5.74) is 2.91. The van der Waals surface area contributed by atoms with Crippen LogP contribution in [0.25, 0.3) is 22.6 Å². The molecule has 24 heavy (non-hydrogen) atoms. The second-order valence-electron chi connectivity index (χ2n) is 5.49. The van der Waals surface area contributed by atoms with E-state index in [0.29, 0.717) is 17.0 Å². The Balaban J connectivity index is 1.79. The topological polar surface area (TPSA) is 92.4 Å². The van der Waals surface area contributed by atoms with E-state index in [-0.39, 0.29) is 12.3 Å². The predicted molar refractivity (Wildman–Crippen MR) is 88.4 cm³/mol. The normalized spacial score (nSPS) is 12.0. The molecule has 1 atom stereocenters. The highest BCUT2D eigenvalue weighted by molar-refractivity contribution is 5.85. The van der Waals surface area contributed by atoms with Crippen LogP contribution in [0.15, 0.2) is 52.9 Å². The first-order valence-electron chi connectivity index (χ1n) is 7.50. The number of aliphatic carboxylic acids is 1. The number of hydrogen-bond donors (Lipinski definition) is 2. The molecule has 0 radical (unpaired) electrons. The van der Waals surface area contributed by atoms with Gasteiger partial charge in [0.15, 0.2) is 5.58 Å². The zero-order valence-electron chi connectivity index (χ0n) is 13.0. The molecule has 3 rings (SSSR count). The number of aromatic nitrogens is 1. The number of amides is 1. The first-order chi connectivity index (χ1) is 11.5. The summed E-state index contributed by atoms with van der Waals surface area (Å²) in [6, 6.07) is 13.9. The molecule has 0 aliphatic heterocycles. The summed E-state index contributed by atoms with van der Waals surface area (Å²) >= 11 is 0. The molecule has 6 nitrogen and oxygen atoms in total. The standard InChI is InChI=1S/C18H16N2O4/c1-11(18(22)23)19-16(21)10-12-7-8-15-14(9-12)20-17(24-15)13-5-3-2-4-6-13/h2-9,11H,10H2,1H3,(H,19,21)(H,22,23)/t11-/m0/s1. The van der Waals surface area contributed by atoms with E-state index in [9.17, 15) is 9.59 Å². The van der Waals surface area contributed by atoms with E-state index in [2.05, 4.69) is 10.3 Å². The third-order valence-corrected chi connectivity index (χ3v) is 3.59. The number of nitrogens with zero attached hydrogens (tertiary/aromatic N) is 1. The molecule has 0 bridgehead atoms. The van der Waals surface area contributed by atoms with Gasteiger partial charge in [-0.2, -0.15) is 0 Å². The van der Waals surface area contributed by atoms with Crippen molar-refractivity contribution in [3.8, 4) is 11.5 Å². The van der Waals surface area contributed by atoms with Crippen molar-refractivity contribution in [3.63, 3.8) is 0 Å². The molecule has 1 aromatic heterocycles. The first kappa shape index (κ1) is 15.7. The van der Waals surface area contributed by atoms with Gasteiger partial charge in [-0.1, -0.05) is 24.3 Å². The molecule has 0 aliphatic carbocycles. The SMILES string of the molecule is C[C@H](NC(=O)Cc1ccc2oc(-c3ccccc3)nc2c1)C(=O)O. The van der Waals surface area contributed by atoms with Gasteiger partial charge in [0.1, 0.15) is 11.6 Å². The van der Waals surface area contributed by atoms with Crippen LogP contribution >= 0.6 is 0 Å². The number of oxazole rings is 1. The highest BCUT2D eigenvalue weighted by Gasteiger charge is 2.15. The van der Waals surface area contributed by atoms with Gasteiger partial charge in [0.2, 0.25) is 11.8 Å². The minimum Gasteiger partial charge on any atom is -0.480 e. The summed E-state index contributed by atoms with van der Waals surface area (Å²) in [6.07, 6.45) is 0.0844. The summed E-state index contributed by atoms with van der Waals surface area (Å²) in [6.45, 7) is 1.42. The van der Waals surface area contributed by atoms with Crippen LogP contribution in [0, 0.1) is 0 Å². The van der Waals surface area contributed by atoms with Crippen molar-refractivity contribution in [2.75, 3.05) is 0 Å². The maximum Gasteiger partial charge on any atom is 0.325 e. The van der Waals surface area contributed by atoms with Crippen LogP contribution in [-0.2, 0) is 16.0 Å². The van der Waals surface area contributed by atoms with Crippen molar-refractivity contribution in [1.82, 2.24) is 10.3 Å². The minimum absolute atomic E-state index is 0.0844. The molecule has 0 unspecified atom stereocenters. The summed E-state index contributed by atoms with van der Waals surface area (Å²) in [7, 11) is 0. The Morgan fingerprint density at radius 3 is 2.67 bits per heavy atom. The fourth-order valence-corrected chi connectivity index (χ4v) is 2.33. The van der Waals surface area contributed by atoms with E-state index >= 15 is 0 Å². The number of fused-ring (bicyclic) bond motifs is 1. The molecular formula is C18H16N2O4. The Hall–Kier alpha value is -3.15. The first-order valence-corrected chi connectivity index (χ1v) is 7.50. The van der Waals surface area contributed by atoms with E-state index in [0.717, 1.165) is 11.1 Å². The monoisotopic (exact) mass is 324 g/mol. The van der Waals surface area contributed by atoms with E-state index in [1.165, 1.54) is 6.92 Å². The molecule has 122 valence electrons. The number of hydrogen-bond acceptors (Lipinski definition) is 4. The Labute approximate surface area is 138 Å². The molecule has 0 fully saturated rings. The Kier molecular flexibility index (Phi) is 4.29. The van der Waals surface area contributed by atoms with Crippen LogP contribution < -0.4 is 5.32 Å². The van der Waals surface area contributed by atoms with Gasteiger partial charge in [0, 0.05) is 5.56 Å². The van der Waals surface area contributed by atoms with Crippen LogP contribution in [-0.4, -0.2) is 28.0 Å². The minimum atomic E-state index is -1.07. The summed E-state index contributed by atoms with van der Waals surface area (Å²) in [5, 5.41) is 11.2. The Morgan fingerprint density at radius 1 is 1.21 bits per heavy atom. The zero-order valence-corrected chi connectivity index (χ0v) is 13.0. The number of carboxylic acids is 1. The number of carbonyl (C=O) groups is 2. The lowest BCUT2D eigenvalue weighted by Crippen LogP contribution is -2.39. The van der Waals surface area contributed by atoms with Crippen molar-refractivity contribution in [1.29, 1.82) is 0 Å². The molecule has 1 amide bonds. The van der Waals surface area contributed by atoms with Crippen LogP contribution in [0.5, 0.6) is 0 Å². The van der Waals surface area contributed by atoms with Gasteiger partial charge in [-0.25, -0.2) is 4.98 Å². The molecule has 1 heterocycles. The largest absolute Gasteiger partial charge is 0.480 e. The number of rotatable bonds is 5. The summed E-state index contributed by atoms with van der Waals surface area (Å²) < 4.78 is 5.72. The highest BCUT2D eigenvalue weighted by atomic mass is 16.4. The van der Waals surface area contributed by atoms with Crippen LogP contribution in [0.3, 0.4) is 0 Å². The second-order valence-corrected chi connectivity index (χ2v) is 5.49. The lowest BCUT2D eigenvalue weighted by atomic mass is 10.1. The number of carbonyl (C=O) groups excluding carboxylic acids is 1. The second kappa shape index (κ2) is 6.54. The van der Waals surface area contributed by atoms with Crippen molar-refractivity contribution in [2.24, 2.45) is 0 Å². The molecule has 6 heteroatoms. The van der Waals surface area contributed by atoms with Gasteiger partial charge in [-0.15, -0.1) is 0 Å². The van der Waals surface area contributed by atoms with Crippen LogP contribution in [0.2, 0.25) is 0 Å². The quantitative estimate of drug-likeness (QED) is 0.752. The smallest absolute Gasteiger partial charge is 0.325 e. The van der Waals surface area contributed by atoms with Gasteiger partial charge in [-0.05, 0) is 36.8 Å². The van der Waals surface area contributed by atoms with Crippen molar-refractivity contribution >= 4 is 23.0 Å². The molecular weight excluding hydrogens is 308 g/mol. The van der Waals surface area contributed by atoms with E-state index in [4.69, 9.17) is 9.52 Å². The number of carboxylic acid groups (broad SMARTS) is 1. The van der Waals surface area contributed by atoms with Crippen molar-refractivity contribution < 1.29 is 19.1 Å².